The maximum atomic E-state index is 13.3. The van der Waals surface area contributed by atoms with Crippen LogP contribution < -0.4 is 9.46 Å². The summed E-state index contributed by atoms with van der Waals surface area (Å²) in [6.07, 6.45) is 2.22. The van der Waals surface area contributed by atoms with Gasteiger partial charge in [0.25, 0.3) is 0 Å². The molecule has 158 valence electrons. The van der Waals surface area contributed by atoms with Gasteiger partial charge < -0.3 is 9.84 Å². The van der Waals surface area contributed by atoms with Gasteiger partial charge in [-0.25, -0.2) is 21.9 Å². The molecule has 2 atom stereocenters. The molecule has 0 heterocycles. The normalized spacial score (nSPS) is 22.0. The van der Waals surface area contributed by atoms with Crippen molar-refractivity contribution < 1.29 is 27.0 Å². The molecule has 2 aromatic rings. The first-order chi connectivity index (χ1) is 13.7. The summed E-state index contributed by atoms with van der Waals surface area (Å²) in [5, 5.41) is 11.2. The zero-order chi connectivity index (χ0) is 21.1. The molecule has 0 radical (unpaired) electrons. The standard InChI is InChI=1S/C21H25F2NO4S/c1-2-10-29(26,27)24-20-4-3-9-21(20,25)16-5-7-19(8-6-16)28-14-15-11-17(22)13-18(23)12-15/h5-8,11-13,20,24-25H,2-4,9-10,14H2,1H3. The molecule has 1 aliphatic rings. The number of ether oxygens (including phenoxy) is 1. The second-order valence-electron chi connectivity index (χ2n) is 7.40. The topological polar surface area (TPSA) is 75.6 Å². The van der Waals surface area contributed by atoms with Crippen molar-refractivity contribution in [2.75, 3.05) is 5.75 Å². The second-order valence-corrected chi connectivity index (χ2v) is 9.27. The number of hydrogen-bond donors (Lipinski definition) is 2. The average Bonchev–Trinajstić information content (AvgIpc) is 3.00. The number of nitrogens with one attached hydrogen (secondary N) is 1. The van der Waals surface area contributed by atoms with Gasteiger partial charge in [-0.05, 0) is 61.1 Å². The Balaban J connectivity index is 1.69. The van der Waals surface area contributed by atoms with Crippen LogP contribution in [0.4, 0.5) is 8.78 Å². The fourth-order valence-electron chi connectivity index (χ4n) is 3.74. The lowest BCUT2D eigenvalue weighted by atomic mass is 9.89. The molecule has 1 aliphatic carbocycles. The highest BCUT2D eigenvalue weighted by Crippen LogP contribution is 2.39. The minimum absolute atomic E-state index is 0.00225. The van der Waals surface area contributed by atoms with E-state index in [9.17, 15) is 22.3 Å². The number of sulfonamides is 1. The van der Waals surface area contributed by atoms with Crippen LogP contribution in [0.1, 0.15) is 43.7 Å². The molecule has 0 spiro atoms. The van der Waals surface area contributed by atoms with Gasteiger partial charge >= 0.3 is 0 Å². The zero-order valence-electron chi connectivity index (χ0n) is 16.2. The van der Waals surface area contributed by atoms with Crippen LogP contribution in [0.2, 0.25) is 0 Å². The summed E-state index contributed by atoms with van der Waals surface area (Å²) < 4.78 is 59.0. The van der Waals surface area contributed by atoms with Gasteiger partial charge in [0.05, 0.1) is 11.8 Å². The summed E-state index contributed by atoms with van der Waals surface area (Å²) in [4.78, 5) is 0. The van der Waals surface area contributed by atoms with Crippen molar-refractivity contribution in [1.29, 1.82) is 0 Å². The first-order valence-electron chi connectivity index (χ1n) is 9.62. The molecular weight excluding hydrogens is 400 g/mol. The number of hydrogen-bond acceptors (Lipinski definition) is 4. The van der Waals surface area contributed by atoms with Crippen molar-refractivity contribution >= 4 is 10.0 Å². The summed E-state index contributed by atoms with van der Waals surface area (Å²) in [5.74, 6) is -0.839. The van der Waals surface area contributed by atoms with E-state index in [0.29, 0.717) is 42.6 Å². The molecule has 0 bridgehead atoms. The predicted molar refractivity (Wildman–Crippen MR) is 106 cm³/mol. The van der Waals surface area contributed by atoms with Crippen LogP contribution in [0.15, 0.2) is 42.5 Å². The highest BCUT2D eigenvalue weighted by Gasteiger charge is 2.44. The maximum Gasteiger partial charge on any atom is 0.211 e. The monoisotopic (exact) mass is 425 g/mol. The van der Waals surface area contributed by atoms with Gasteiger partial charge in [-0.1, -0.05) is 19.1 Å². The van der Waals surface area contributed by atoms with Crippen molar-refractivity contribution in [3.63, 3.8) is 0 Å². The van der Waals surface area contributed by atoms with Gasteiger partial charge in [0.2, 0.25) is 10.0 Å². The summed E-state index contributed by atoms with van der Waals surface area (Å²) >= 11 is 0. The van der Waals surface area contributed by atoms with Crippen molar-refractivity contribution in [1.82, 2.24) is 4.72 Å². The summed E-state index contributed by atoms with van der Waals surface area (Å²) in [7, 11) is -3.44. The largest absolute Gasteiger partial charge is 0.489 e. The molecule has 1 fully saturated rings. The van der Waals surface area contributed by atoms with Gasteiger partial charge in [-0.2, -0.15) is 0 Å². The van der Waals surface area contributed by atoms with Crippen LogP contribution in [0.3, 0.4) is 0 Å². The van der Waals surface area contributed by atoms with E-state index in [4.69, 9.17) is 4.74 Å². The SMILES string of the molecule is CCCS(=O)(=O)NC1CCCC1(O)c1ccc(OCc2cc(F)cc(F)c2)cc1. The first-order valence-corrected chi connectivity index (χ1v) is 11.3. The molecule has 0 saturated heterocycles. The molecular formula is C21H25F2NO4S. The third-order valence-electron chi connectivity index (χ3n) is 5.10. The Bertz CT molecular complexity index is 929. The highest BCUT2D eigenvalue weighted by atomic mass is 32.2. The summed E-state index contributed by atoms with van der Waals surface area (Å²) in [6.45, 7) is 1.79. The van der Waals surface area contributed by atoms with Crippen molar-refractivity contribution in [3.05, 3.63) is 65.2 Å². The Morgan fingerprint density at radius 1 is 1.17 bits per heavy atom. The van der Waals surface area contributed by atoms with Crippen molar-refractivity contribution in [3.8, 4) is 5.75 Å². The van der Waals surface area contributed by atoms with E-state index < -0.39 is 33.3 Å². The minimum Gasteiger partial charge on any atom is -0.489 e. The molecule has 1 saturated carbocycles. The Labute approximate surface area is 169 Å². The Hall–Kier alpha value is -2.03. The van der Waals surface area contributed by atoms with Crippen LogP contribution in [-0.2, 0) is 22.2 Å². The molecule has 2 N–H and O–H groups in total. The molecule has 8 heteroatoms. The lowest BCUT2D eigenvalue weighted by Crippen LogP contribution is -2.47. The van der Waals surface area contributed by atoms with E-state index in [0.717, 1.165) is 6.07 Å². The summed E-state index contributed by atoms with van der Waals surface area (Å²) in [5.41, 5.74) is -0.319. The zero-order valence-corrected chi connectivity index (χ0v) is 17.0. The first kappa shape index (κ1) is 21.7. The Kier molecular flexibility index (Phi) is 6.55. The van der Waals surface area contributed by atoms with E-state index in [2.05, 4.69) is 4.72 Å². The van der Waals surface area contributed by atoms with Crippen molar-refractivity contribution in [2.24, 2.45) is 0 Å². The maximum absolute atomic E-state index is 13.3. The van der Waals surface area contributed by atoms with Crippen LogP contribution in [0.5, 0.6) is 5.75 Å². The van der Waals surface area contributed by atoms with E-state index in [1.54, 1.807) is 31.2 Å². The smallest absolute Gasteiger partial charge is 0.211 e. The fraction of sp³-hybridized carbons (Fsp3) is 0.429. The average molecular weight is 425 g/mol. The quantitative estimate of drug-likeness (QED) is 0.678. The molecule has 3 rings (SSSR count). The number of rotatable bonds is 8. The molecule has 0 aromatic heterocycles. The predicted octanol–water partition coefficient (Wildman–Crippen LogP) is 3.61. The molecule has 0 amide bonds. The fourth-order valence-corrected chi connectivity index (χ4v) is 5.14. The third kappa shape index (κ3) is 5.32. The van der Waals surface area contributed by atoms with Gasteiger partial charge in [0.15, 0.2) is 0 Å². The Morgan fingerprint density at radius 2 is 1.83 bits per heavy atom. The van der Waals surface area contributed by atoms with E-state index in [1.165, 1.54) is 12.1 Å². The molecule has 2 aromatic carbocycles. The van der Waals surface area contributed by atoms with E-state index in [1.807, 2.05) is 0 Å². The van der Waals surface area contributed by atoms with Crippen molar-refractivity contribution in [2.45, 2.75) is 50.9 Å². The van der Waals surface area contributed by atoms with Crippen LogP contribution in [0.25, 0.3) is 0 Å². The highest BCUT2D eigenvalue weighted by molar-refractivity contribution is 7.89. The van der Waals surface area contributed by atoms with Crippen LogP contribution >= 0.6 is 0 Å². The Morgan fingerprint density at radius 3 is 2.45 bits per heavy atom. The molecule has 29 heavy (non-hydrogen) atoms. The lowest BCUT2D eigenvalue weighted by Gasteiger charge is -2.31. The minimum atomic E-state index is -3.44. The number of benzene rings is 2. The van der Waals surface area contributed by atoms with Gasteiger partial charge in [-0.3, -0.25) is 0 Å². The summed E-state index contributed by atoms with van der Waals surface area (Å²) in [6, 6.07) is 9.30. The van der Waals surface area contributed by atoms with E-state index >= 15 is 0 Å². The van der Waals surface area contributed by atoms with Gasteiger partial charge in [-0.15, -0.1) is 0 Å². The third-order valence-corrected chi connectivity index (χ3v) is 6.69. The van der Waals surface area contributed by atoms with Gasteiger partial charge in [0.1, 0.15) is 29.6 Å². The molecule has 0 aliphatic heterocycles. The van der Waals surface area contributed by atoms with Gasteiger partial charge in [0, 0.05) is 6.07 Å². The van der Waals surface area contributed by atoms with E-state index in [-0.39, 0.29) is 12.4 Å². The second kappa shape index (κ2) is 8.77. The van der Waals surface area contributed by atoms with Crippen LogP contribution in [-0.4, -0.2) is 25.3 Å². The molecule has 5 nitrogen and oxygen atoms in total. The number of halogens is 2. The molecule has 2 unspecified atom stereocenters. The lowest BCUT2D eigenvalue weighted by molar-refractivity contribution is 0.0230. The van der Waals surface area contributed by atoms with Crippen LogP contribution in [0, 0.1) is 11.6 Å². The number of aliphatic hydroxyl groups is 1.